The maximum absolute atomic E-state index is 13.6. The van der Waals surface area contributed by atoms with Crippen LogP contribution in [0.3, 0.4) is 0 Å². The minimum Gasteiger partial charge on any atom is -0.505 e. The normalized spacial score (nSPS) is 16.8. The topological polar surface area (TPSA) is 106 Å². The number of amides is 1. The Labute approximate surface area is 233 Å². The van der Waals surface area contributed by atoms with Crippen molar-refractivity contribution in [2.45, 2.75) is 26.8 Å². The van der Waals surface area contributed by atoms with Crippen LogP contribution in [0.5, 0.6) is 11.5 Å². The summed E-state index contributed by atoms with van der Waals surface area (Å²) >= 11 is 1.28. The number of anilines is 1. The molecule has 4 heterocycles. The zero-order valence-corrected chi connectivity index (χ0v) is 23.2. The van der Waals surface area contributed by atoms with Crippen molar-refractivity contribution in [2.24, 2.45) is 0 Å². The summed E-state index contributed by atoms with van der Waals surface area (Å²) in [4.78, 5) is 38.0. The van der Waals surface area contributed by atoms with Crippen LogP contribution < -0.4 is 14.4 Å². The number of pyridine rings is 1. The molecule has 0 radical (unpaired) electrons. The van der Waals surface area contributed by atoms with E-state index in [1.165, 1.54) is 16.2 Å². The number of ether oxygens (including phenoxy) is 2. The highest BCUT2D eigenvalue weighted by Gasteiger charge is 2.48. The van der Waals surface area contributed by atoms with Crippen molar-refractivity contribution in [1.29, 1.82) is 0 Å². The van der Waals surface area contributed by atoms with E-state index >= 15 is 0 Å². The van der Waals surface area contributed by atoms with Crippen LogP contribution in [-0.4, -0.2) is 44.9 Å². The Kier molecular flexibility index (Phi) is 6.26. The molecule has 0 saturated carbocycles. The van der Waals surface area contributed by atoms with E-state index in [4.69, 9.17) is 9.47 Å². The molecule has 3 aromatic heterocycles. The standard InChI is InChI=1S/C30H26N4O5S/c1-5-39-20-12-13-21-22(15-20)40-30(31-21)34-25(18-8-10-19(38-4)11-9-18)23(27(36)29(34)37)26(35)24-17(3)33-14-6-7-16(2)28(33)32-24/h6-15,25,35H,5H2,1-4H3/b26-23+. The first-order chi connectivity index (χ1) is 19.3. The third kappa shape index (κ3) is 3.99. The van der Waals surface area contributed by atoms with Gasteiger partial charge >= 0.3 is 5.91 Å². The fourth-order valence-electron chi connectivity index (χ4n) is 5.06. The zero-order valence-electron chi connectivity index (χ0n) is 22.3. The number of Topliss-reactive ketones (excluding diaryl/α,β-unsaturated/α-hetero) is 1. The fourth-order valence-corrected chi connectivity index (χ4v) is 6.08. The lowest BCUT2D eigenvalue weighted by molar-refractivity contribution is -0.132. The number of aliphatic hydroxyl groups excluding tert-OH is 1. The minimum absolute atomic E-state index is 0.0476. The summed E-state index contributed by atoms with van der Waals surface area (Å²) in [5.41, 5.74) is 3.72. The number of hydrogen-bond donors (Lipinski definition) is 1. The molecule has 202 valence electrons. The predicted molar refractivity (Wildman–Crippen MR) is 153 cm³/mol. The molecule has 1 fully saturated rings. The van der Waals surface area contributed by atoms with Gasteiger partial charge in [0.1, 0.15) is 22.8 Å². The average Bonchev–Trinajstić information content (AvgIpc) is 3.61. The van der Waals surface area contributed by atoms with Gasteiger partial charge in [-0.2, -0.15) is 0 Å². The molecule has 0 bridgehead atoms. The maximum atomic E-state index is 13.6. The molecule has 5 aromatic rings. The molecule has 1 atom stereocenters. The summed E-state index contributed by atoms with van der Waals surface area (Å²) in [5, 5.41) is 12.0. The molecule has 2 aromatic carbocycles. The van der Waals surface area contributed by atoms with Crippen molar-refractivity contribution in [1.82, 2.24) is 14.4 Å². The van der Waals surface area contributed by atoms with Gasteiger partial charge in [0.2, 0.25) is 0 Å². The summed E-state index contributed by atoms with van der Waals surface area (Å²) in [6, 6.07) is 15.4. The van der Waals surface area contributed by atoms with Crippen LogP contribution in [0.2, 0.25) is 0 Å². The zero-order chi connectivity index (χ0) is 28.1. The molecular weight excluding hydrogens is 528 g/mol. The highest BCUT2D eigenvalue weighted by molar-refractivity contribution is 7.22. The second kappa shape index (κ2) is 9.80. The Morgan fingerprint density at radius 1 is 1.05 bits per heavy atom. The SMILES string of the molecule is CCOc1ccc2nc(N3C(=O)C(=O)/C(=C(/O)c4nc5c(C)cccn5c4C)C3c3ccc(OC)cc3)sc2c1. The van der Waals surface area contributed by atoms with Crippen LogP contribution in [0, 0.1) is 13.8 Å². The van der Waals surface area contributed by atoms with Gasteiger partial charge in [0, 0.05) is 6.20 Å². The predicted octanol–water partition coefficient (Wildman–Crippen LogP) is 5.59. The highest BCUT2D eigenvalue weighted by atomic mass is 32.1. The minimum atomic E-state index is -0.928. The summed E-state index contributed by atoms with van der Waals surface area (Å²) in [7, 11) is 1.56. The molecule has 1 aliphatic heterocycles. The maximum Gasteiger partial charge on any atom is 0.301 e. The van der Waals surface area contributed by atoms with Gasteiger partial charge in [-0.1, -0.05) is 29.5 Å². The number of thiazole rings is 1. The van der Waals surface area contributed by atoms with Gasteiger partial charge in [-0.25, -0.2) is 9.97 Å². The van der Waals surface area contributed by atoms with Gasteiger partial charge in [-0.15, -0.1) is 0 Å². The molecule has 1 amide bonds. The van der Waals surface area contributed by atoms with Crippen molar-refractivity contribution >= 4 is 49.8 Å². The van der Waals surface area contributed by atoms with Crippen LogP contribution in [0.4, 0.5) is 5.13 Å². The average molecular weight is 555 g/mol. The number of methoxy groups -OCH3 is 1. The van der Waals surface area contributed by atoms with Crippen LogP contribution in [-0.2, 0) is 9.59 Å². The Bertz CT molecular complexity index is 1840. The molecule has 0 spiro atoms. The number of carbonyl (C=O) groups excluding carboxylic acids is 2. The van der Waals surface area contributed by atoms with Crippen LogP contribution in [0.15, 0.2) is 66.4 Å². The van der Waals surface area contributed by atoms with E-state index < -0.39 is 17.7 Å². The van der Waals surface area contributed by atoms with E-state index in [0.29, 0.717) is 45.7 Å². The number of aromatic nitrogens is 3. The summed E-state index contributed by atoms with van der Waals surface area (Å²) < 4.78 is 13.6. The molecule has 9 nitrogen and oxygen atoms in total. The van der Waals surface area contributed by atoms with Crippen molar-refractivity contribution in [3.63, 3.8) is 0 Å². The van der Waals surface area contributed by atoms with Crippen molar-refractivity contribution in [3.8, 4) is 11.5 Å². The van der Waals surface area contributed by atoms with E-state index in [-0.39, 0.29) is 17.0 Å². The van der Waals surface area contributed by atoms with E-state index in [2.05, 4.69) is 9.97 Å². The molecule has 10 heteroatoms. The van der Waals surface area contributed by atoms with Crippen molar-refractivity contribution < 1.29 is 24.2 Å². The van der Waals surface area contributed by atoms with E-state index in [9.17, 15) is 14.7 Å². The second-order valence-corrected chi connectivity index (χ2v) is 10.4. The molecule has 0 aliphatic carbocycles. The largest absolute Gasteiger partial charge is 0.505 e. The number of aliphatic hydroxyl groups is 1. The molecule has 6 rings (SSSR count). The van der Waals surface area contributed by atoms with Gasteiger partial charge in [0.25, 0.3) is 5.78 Å². The lowest BCUT2D eigenvalue weighted by Gasteiger charge is -2.23. The van der Waals surface area contributed by atoms with Gasteiger partial charge in [-0.05, 0) is 68.3 Å². The van der Waals surface area contributed by atoms with Gasteiger partial charge in [0.05, 0.1) is 41.2 Å². The first-order valence-corrected chi connectivity index (χ1v) is 13.6. The Morgan fingerprint density at radius 3 is 2.50 bits per heavy atom. The van der Waals surface area contributed by atoms with Gasteiger partial charge in [0.15, 0.2) is 10.9 Å². The summed E-state index contributed by atoms with van der Waals surface area (Å²) in [6.07, 6.45) is 1.85. The molecular formula is C30H26N4O5S. The molecule has 1 N–H and O–H groups in total. The van der Waals surface area contributed by atoms with E-state index in [1.54, 1.807) is 31.4 Å². The third-order valence-corrected chi connectivity index (χ3v) is 8.07. The molecule has 1 unspecified atom stereocenters. The van der Waals surface area contributed by atoms with Gasteiger partial charge < -0.3 is 19.0 Å². The third-order valence-electron chi connectivity index (χ3n) is 7.05. The number of benzene rings is 2. The van der Waals surface area contributed by atoms with Crippen LogP contribution in [0.25, 0.3) is 21.6 Å². The number of nitrogens with zero attached hydrogens (tertiary/aromatic N) is 4. The van der Waals surface area contributed by atoms with Gasteiger partial charge in [-0.3, -0.25) is 14.5 Å². The smallest absolute Gasteiger partial charge is 0.301 e. The van der Waals surface area contributed by atoms with Crippen LogP contribution in [0.1, 0.15) is 35.5 Å². The first kappa shape index (κ1) is 25.6. The number of ketones is 1. The molecule has 1 aliphatic rings. The Morgan fingerprint density at radius 2 is 1.80 bits per heavy atom. The van der Waals surface area contributed by atoms with Crippen molar-refractivity contribution in [2.75, 3.05) is 18.6 Å². The van der Waals surface area contributed by atoms with Crippen molar-refractivity contribution in [3.05, 3.63) is 88.9 Å². The van der Waals surface area contributed by atoms with Crippen LogP contribution >= 0.6 is 11.3 Å². The monoisotopic (exact) mass is 554 g/mol. The number of rotatable bonds is 6. The Hall–Kier alpha value is -4.70. The lowest BCUT2D eigenvalue weighted by Crippen LogP contribution is -2.29. The lowest BCUT2D eigenvalue weighted by atomic mass is 9.96. The summed E-state index contributed by atoms with van der Waals surface area (Å²) in [6.45, 7) is 6.16. The number of hydrogen-bond acceptors (Lipinski definition) is 8. The quantitative estimate of drug-likeness (QED) is 0.166. The number of aryl methyl sites for hydroxylation is 2. The second-order valence-electron chi connectivity index (χ2n) is 9.43. The number of carbonyl (C=O) groups is 2. The summed E-state index contributed by atoms with van der Waals surface area (Å²) in [5.74, 6) is -0.598. The molecule has 40 heavy (non-hydrogen) atoms. The van der Waals surface area contributed by atoms with E-state index in [1.807, 2.05) is 61.7 Å². The first-order valence-electron chi connectivity index (χ1n) is 12.7. The van der Waals surface area contributed by atoms with E-state index in [0.717, 1.165) is 10.3 Å². The highest BCUT2D eigenvalue weighted by Crippen LogP contribution is 2.45. The number of imidazole rings is 1. The molecule has 1 saturated heterocycles. The Balaban J connectivity index is 1.56. The fraction of sp³-hybridized carbons (Fsp3) is 0.200. The number of fused-ring (bicyclic) bond motifs is 2.